The lowest BCUT2D eigenvalue weighted by molar-refractivity contribution is 0.0298. The van der Waals surface area contributed by atoms with Crippen molar-refractivity contribution in [1.82, 2.24) is 0 Å². The first-order chi connectivity index (χ1) is 4.84. The Hall–Kier alpha value is 0. The van der Waals surface area contributed by atoms with Gasteiger partial charge in [0.2, 0.25) is 0 Å². The first-order valence-electron chi connectivity index (χ1n) is 3.14. The lowest BCUT2D eigenvalue weighted by Gasteiger charge is -2.23. The summed E-state index contributed by atoms with van der Waals surface area (Å²) in [5.74, 6) is 0. The summed E-state index contributed by atoms with van der Waals surface area (Å²) < 4.78 is 5.55. The van der Waals surface area contributed by atoms with Gasteiger partial charge in [0.25, 0.3) is 0 Å². The summed E-state index contributed by atoms with van der Waals surface area (Å²) in [7, 11) is 0. The summed E-state index contributed by atoms with van der Waals surface area (Å²) >= 11 is 2.25. The summed E-state index contributed by atoms with van der Waals surface area (Å²) in [5, 5.41) is 3.52. The monoisotopic (exact) mass is 253 g/mol. The number of halogens is 1. The molecule has 1 saturated heterocycles. The van der Waals surface area contributed by atoms with Gasteiger partial charge in [0.05, 0.1) is 0 Å². The molecule has 2 atom stereocenters. The minimum atomic E-state index is -0.237. The molecule has 1 rings (SSSR count). The first-order valence-corrected chi connectivity index (χ1v) is 4.39. The highest BCUT2D eigenvalue weighted by Gasteiger charge is 2.21. The lowest BCUT2D eigenvalue weighted by atomic mass is 10.2. The van der Waals surface area contributed by atoms with E-state index in [1.165, 1.54) is 0 Å². The third kappa shape index (κ3) is 2.00. The number of ether oxygens (including phenoxy) is 1. The van der Waals surface area contributed by atoms with Crippen LogP contribution >= 0.6 is 22.6 Å². The SMILES string of the molecule is [N-]=[N+]=N[C@H]1OCCC[C@@H]1I. The Balaban J connectivity index is 2.47. The average molecular weight is 253 g/mol. The van der Waals surface area contributed by atoms with Crippen molar-refractivity contribution in [3.63, 3.8) is 0 Å². The molecule has 0 unspecified atom stereocenters. The van der Waals surface area contributed by atoms with Gasteiger partial charge < -0.3 is 4.74 Å². The highest BCUT2D eigenvalue weighted by Crippen LogP contribution is 2.22. The van der Waals surface area contributed by atoms with Crippen LogP contribution in [0.3, 0.4) is 0 Å². The Morgan fingerprint density at radius 2 is 2.50 bits per heavy atom. The number of rotatable bonds is 1. The molecule has 1 aliphatic heterocycles. The Kier molecular flexibility index (Phi) is 3.24. The molecule has 5 heteroatoms. The molecule has 0 aromatic rings. The molecule has 0 bridgehead atoms. The molecule has 0 aliphatic carbocycles. The van der Waals surface area contributed by atoms with Crippen molar-refractivity contribution in [2.24, 2.45) is 5.11 Å². The van der Waals surface area contributed by atoms with Crippen LogP contribution < -0.4 is 0 Å². The van der Waals surface area contributed by atoms with Crippen LogP contribution in [0.25, 0.3) is 10.4 Å². The van der Waals surface area contributed by atoms with E-state index in [-0.39, 0.29) is 6.23 Å². The Morgan fingerprint density at radius 3 is 3.10 bits per heavy atom. The smallest absolute Gasteiger partial charge is 0.148 e. The van der Waals surface area contributed by atoms with Gasteiger partial charge in [0.1, 0.15) is 6.23 Å². The van der Waals surface area contributed by atoms with Crippen molar-refractivity contribution in [1.29, 1.82) is 0 Å². The normalized spacial score (nSPS) is 32.9. The zero-order valence-corrected chi connectivity index (χ0v) is 7.56. The fourth-order valence-electron chi connectivity index (χ4n) is 0.886. The molecule has 0 amide bonds. The molecule has 4 nitrogen and oxygen atoms in total. The second-order valence-electron chi connectivity index (χ2n) is 2.12. The van der Waals surface area contributed by atoms with Gasteiger partial charge >= 0.3 is 0 Å². The van der Waals surface area contributed by atoms with Crippen LogP contribution in [0.2, 0.25) is 0 Å². The maximum atomic E-state index is 8.11. The molecule has 0 aromatic heterocycles. The third-order valence-electron chi connectivity index (χ3n) is 1.39. The van der Waals surface area contributed by atoms with E-state index in [9.17, 15) is 0 Å². The molecule has 0 aromatic carbocycles. The summed E-state index contributed by atoms with van der Waals surface area (Å²) in [6, 6.07) is 0. The number of alkyl halides is 1. The van der Waals surface area contributed by atoms with Crippen LogP contribution in [0.5, 0.6) is 0 Å². The van der Waals surface area contributed by atoms with Gasteiger partial charge in [-0.2, -0.15) is 0 Å². The van der Waals surface area contributed by atoms with Crippen LogP contribution in [0.1, 0.15) is 12.8 Å². The van der Waals surface area contributed by atoms with E-state index in [0.717, 1.165) is 19.4 Å². The third-order valence-corrected chi connectivity index (χ3v) is 2.63. The van der Waals surface area contributed by atoms with E-state index >= 15 is 0 Å². The standard InChI is InChI=1S/C5H8IN3O/c6-4-2-1-3-10-5(4)8-9-7/h4-5H,1-3H2/t4-,5-/m0/s1. The summed E-state index contributed by atoms with van der Waals surface area (Å²) in [6.07, 6.45) is 1.93. The van der Waals surface area contributed by atoms with Crippen LogP contribution in [0, 0.1) is 0 Å². The summed E-state index contributed by atoms with van der Waals surface area (Å²) in [4.78, 5) is 2.70. The van der Waals surface area contributed by atoms with Crippen molar-refractivity contribution < 1.29 is 4.74 Å². The topological polar surface area (TPSA) is 58.0 Å². The van der Waals surface area contributed by atoms with E-state index in [4.69, 9.17) is 10.3 Å². The van der Waals surface area contributed by atoms with E-state index in [1.807, 2.05) is 0 Å². The van der Waals surface area contributed by atoms with E-state index < -0.39 is 0 Å². The van der Waals surface area contributed by atoms with Crippen molar-refractivity contribution in [3.8, 4) is 0 Å². The average Bonchev–Trinajstić information content (AvgIpc) is 1.94. The van der Waals surface area contributed by atoms with Gasteiger partial charge in [-0.25, -0.2) is 0 Å². The van der Waals surface area contributed by atoms with Crippen LogP contribution in [0.15, 0.2) is 5.11 Å². The summed E-state index contributed by atoms with van der Waals surface area (Å²) in [5.41, 5.74) is 8.11. The molecular formula is C5H8IN3O. The predicted octanol–water partition coefficient (Wildman–Crippen LogP) is 2.24. The van der Waals surface area contributed by atoms with E-state index in [1.54, 1.807) is 0 Å². The Bertz CT molecular complexity index is 157. The minimum Gasteiger partial charge on any atom is -0.371 e. The maximum absolute atomic E-state index is 8.11. The van der Waals surface area contributed by atoms with Crippen molar-refractivity contribution in [3.05, 3.63) is 10.4 Å². The quantitative estimate of drug-likeness (QED) is 0.232. The van der Waals surface area contributed by atoms with Gasteiger partial charge in [-0.05, 0) is 18.4 Å². The fourth-order valence-corrected chi connectivity index (χ4v) is 1.68. The Labute approximate surface area is 72.7 Å². The molecule has 0 spiro atoms. The number of nitrogens with zero attached hydrogens (tertiary/aromatic N) is 3. The molecule has 0 N–H and O–H groups in total. The minimum absolute atomic E-state index is 0.237. The highest BCUT2D eigenvalue weighted by atomic mass is 127. The lowest BCUT2D eigenvalue weighted by Crippen LogP contribution is -2.27. The van der Waals surface area contributed by atoms with Gasteiger partial charge in [-0.3, -0.25) is 0 Å². The molecule has 1 aliphatic rings. The number of hydrogen-bond acceptors (Lipinski definition) is 2. The molecule has 0 saturated carbocycles. The molecule has 1 heterocycles. The van der Waals surface area contributed by atoms with Crippen molar-refractivity contribution in [2.45, 2.75) is 23.0 Å². The van der Waals surface area contributed by atoms with Gasteiger partial charge in [0.15, 0.2) is 0 Å². The highest BCUT2D eigenvalue weighted by molar-refractivity contribution is 14.1. The first kappa shape index (κ1) is 8.10. The predicted molar refractivity (Wildman–Crippen MR) is 45.9 cm³/mol. The molecule has 0 radical (unpaired) electrons. The Morgan fingerprint density at radius 1 is 1.70 bits per heavy atom. The molecule has 56 valence electrons. The number of azide groups is 1. The van der Waals surface area contributed by atoms with Crippen LogP contribution in [-0.4, -0.2) is 16.8 Å². The van der Waals surface area contributed by atoms with Gasteiger partial charge in [-0.1, -0.05) is 27.7 Å². The molecule has 1 fully saturated rings. The van der Waals surface area contributed by atoms with Crippen molar-refractivity contribution >= 4 is 22.6 Å². The van der Waals surface area contributed by atoms with Gasteiger partial charge in [0, 0.05) is 15.4 Å². The maximum Gasteiger partial charge on any atom is 0.148 e. The second-order valence-corrected chi connectivity index (χ2v) is 3.72. The zero-order valence-electron chi connectivity index (χ0n) is 5.40. The van der Waals surface area contributed by atoms with E-state index in [0.29, 0.717) is 3.92 Å². The van der Waals surface area contributed by atoms with Gasteiger partial charge in [-0.15, -0.1) is 0 Å². The largest absolute Gasteiger partial charge is 0.371 e. The van der Waals surface area contributed by atoms with Crippen LogP contribution in [-0.2, 0) is 4.74 Å². The van der Waals surface area contributed by atoms with Crippen molar-refractivity contribution in [2.75, 3.05) is 6.61 Å². The molecule has 10 heavy (non-hydrogen) atoms. The summed E-state index contributed by atoms with van der Waals surface area (Å²) in [6.45, 7) is 0.725. The zero-order chi connectivity index (χ0) is 7.40. The van der Waals surface area contributed by atoms with E-state index in [2.05, 4.69) is 32.6 Å². The second kappa shape index (κ2) is 4.00. The fraction of sp³-hybridized carbons (Fsp3) is 1.00. The van der Waals surface area contributed by atoms with Crippen LogP contribution in [0.4, 0.5) is 0 Å². The molecular weight excluding hydrogens is 245 g/mol. The number of hydrogen-bond donors (Lipinski definition) is 0.